The lowest BCUT2D eigenvalue weighted by Crippen LogP contribution is -2.36. The third-order valence-electron chi connectivity index (χ3n) is 4.17. The van der Waals surface area contributed by atoms with Crippen molar-refractivity contribution in [3.8, 4) is 0 Å². The fourth-order valence-corrected chi connectivity index (χ4v) is 3.47. The van der Waals surface area contributed by atoms with E-state index < -0.39 is 0 Å². The number of benzene rings is 2. The van der Waals surface area contributed by atoms with Gasteiger partial charge in [-0.2, -0.15) is 0 Å². The van der Waals surface area contributed by atoms with Crippen molar-refractivity contribution in [3.05, 3.63) is 64.7 Å². The number of amides is 2. The molecule has 0 atom stereocenters. The molecule has 2 rings (SSSR count). The summed E-state index contributed by atoms with van der Waals surface area (Å²) in [5, 5.41) is 2.91. The van der Waals surface area contributed by atoms with Crippen LogP contribution in [0.1, 0.15) is 22.3 Å². The molecule has 5 heteroatoms. The number of hydrogen-bond donors (Lipinski definition) is 1. The Balaban J connectivity index is 1.79. The largest absolute Gasteiger partial charge is 0.336 e. The van der Waals surface area contributed by atoms with Gasteiger partial charge in [-0.05, 0) is 37.5 Å². The first-order valence-electron chi connectivity index (χ1n) is 8.60. The SMILES string of the molecule is Cc1ccc(CSCC(=O)N(C)CC(=O)Nc2c(C)cccc2C)cc1. The summed E-state index contributed by atoms with van der Waals surface area (Å²) >= 11 is 1.56. The Morgan fingerprint density at radius 3 is 2.23 bits per heavy atom. The molecular formula is C21H26N2O2S. The van der Waals surface area contributed by atoms with Crippen LogP contribution in [0.5, 0.6) is 0 Å². The molecule has 0 heterocycles. The Morgan fingerprint density at radius 2 is 1.62 bits per heavy atom. The Bertz CT molecular complexity index is 752. The second-order valence-electron chi connectivity index (χ2n) is 6.54. The van der Waals surface area contributed by atoms with Crippen LogP contribution in [-0.2, 0) is 15.3 Å². The molecule has 0 bridgehead atoms. The molecule has 0 aliphatic rings. The first-order valence-corrected chi connectivity index (χ1v) is 9.75. The summed E-state index contributed by atoms with van der Waals surface area (Å²) in [6.07, 6.45) is 0. The molecule has 26 heavy (non-hydrogen) atoms. The van der Waals surface area contributed by atoms with Gasteiger partial charge in [0.25, 0.3) is 0 Å². The fourth-order valence-electron chi connectivity index (χ4n) is 2.54. The molecule has 0 radical (unpaired) electrons. The Kier molecular flexibility index (Phi) is 7.27. The van der Waals surface area contributed by atoms with E-state index in [1.807, 2.05) is 32.0 Å². The highest BCUT2D eigenvalue weighted by atomic mass is 32.2. The summed E-state index contributed by atoms with van der Waals surface area (Å²) in [5.41, 5.74) is 5.28. The average molecular weight is 371 g/mol. The number of hydrogen-bond acceptors (Lipinski definition) is 3. The molecule has 0 saturated carbocycles. The van der Waals surface area contributed by atoms with E-state index in [0.29, 0.717) is 5.75 Å². The van der Waals surface area contributed by atoms with Gasteiger partial charge in [0.05, 0.1) is 12.3 Å². The van der Waals surface area contributed by atoms with Crippen LogP contribution in [-0.4, -0.2) is 36.1 Å². The van der Waals surface area contributed by atoms with Crippen LogP contribution in [0.4, 0.5) is 5.69 Å². The maximum Gasteiger partial charge on any atom is 0.243 e. The summed E-state index contributed by atoms with van der Waals surface area (Å²) in [6.45, 7) is 6.02. The van der Waals surface area contributed by atoms with Crippen molar-refractivity contribution in [1.82, 2.24) is 4.90 Å². The van der Waals surface area contributed by atoms with E-state index in [0.717, 1.165) is 22.6 Å². The van der Waals surface area contributed by atoms with Gasteiger partial charge in [-0.1, -0.05) is 48.0 Å². The molecule has 0 spiro atoms. The van der Waals surface area contributed by atoms with Crippen LogP contribution in [0.25, 0.3) is 0 Å². The second-order valence-corrected chi connectivity index (χ2v) is 7.53. The van der Waals surface area contributed by atoms with Crippen molar-refractivity contribution in [1.29, 1.82) is 0 Å². The van der Waals surface area contributed by atoms with Crippen molar-refractivity contribution in [2.45, 2.75) is 26.5 Å². The second kappa shape index (κ2) is 9.43. The van der Waals surface area contributed by atoms with Gasteiger partial charge in [0, 0.05) is 18.5 Å². The zero-order valence-corrected chi connectivity index (χ0v) is 16.7. The summed E-state index contributed by atoms with van der Waals surface area (Å²) < 4.78 is 0. The molecule has 0 fully saturated rings. The zero-order valence-electron chi connectivity index (χ0n) is 15.8. The maximum atomic E-state index is 12.2. The monoisotopic (exact) mass is 370 g/mol. The molecule has 0 saturated heterocycles. The fraction of sp³-hybridized carbons (Fsp3) is 0.333. The number of thioether (sulfide) groups is 1. The topological polar surface area (TPSA) is 49.4 Å². The summed E-state index contributed by atoms with van der Waals surface area (Å²) in [5.74, 6) is 0.927. The van der Waals surface area contributed by atoms with Crippen LogP contribution in [0.2, 0.25) is 0 Å². The minimum atomic E-state index is -0.179. The highest BCUT2D eigenvalue weighted by molar-refractivity contribution is 7.99. The van der Waals surface area contributed by atoms with Gasteiger partial charge < -0.3 is 10.2 Å². The quantitative estimate of drug-likeness (QED) is 0.803. The van der Waals surface area contributed by atoms with E-state index in [2.05, 4.69) is 36.5 Å². The molecule has 4 nitrogen and oxygen atoms in total. The normalized spacial score (nSPS) is 10.5. The number of likely N-dealkylation sites (N-methyl/N-ethyl adjacent to an activating group) is 1. The first kappa shape index (κ1) is 20.0. The molecule has 0 aliphatic heterocycles. The van der Waals surface area contributed by atoms with E-state index in [9.17, 15) is 9.59 Å². The molecule has 2 amide bonds. The lowest BCUT2D eigenvalue weighted by molar-refractivity contribution is -0.131. The minimum absolute atomic E-state index is 0.0428. The van der Waals surface area contributed by atoms with E-state index in [1.54, 1.807) is 18.8 Å². The van der Waals surface area contributed by atoms with Crippen LogP contribution in [0, 0.1) is 20.8 Å². The van der Waals surface area contributed by atoms with Gasteiger partial charge >= 0.3 is 0 Å². The first-order chi connectivity index (χ1) is 12.4. The average Bonchev–Trinajstić information content (AvgIpc) is 2.60. The van der Waals surface area contributed by atoms with E-state index in [4.69, 9.17) is 0 Å². The van der Waals surface area contributed by atoms with Crippen LogP contribution >= 0.6 is 11.8 Å². The number of carbonyl (C=O) groups excluding carboxylic acids is 2. The molecule has 2 aromatic rings. The molecule has 0 unspecified atom stereocenters. The van der Waals surface area contributed by atoms with E-state index in [-0.39, 0.29) is 18.4 Å². The molecule has 2 aromatic carbocycles. The van der Waals surface area contributed by atoms with Crippen molar-refractivity contribution in [2.75, 3.05) is 24.7 Å². The number of rotatable bonds is 7. The van der Waals surface area contributed by atoms with Crippen molar-refractivity contribution < 1.29 is 9.59 Å². The minimum Gasteiger partial charge on any atom is -0.336 e. The van der Waals surface area contributed by atoms with Gasteiger partial charge in [-0.25, -0.2) is 0 Å². The molecule has 0 aliphatic carbocycles. The number of para-hydroxylation sites is 1. The van der Waals surface area contributed by atoms with Crippen LogP contribution in [0.15, 0.2) is 42.5 Å². The molecule has 0 aromatic heterocycles. The molecule has 1 N–H and O–H groups in total. The highest BCUT2D eigenvalue weighted by Crippen LogP contribution is 2.19. The Hall–Kier alpha value is -2.27. The van der Waals surface area contributed by atoms with Crippen molar-refractivity contribution in [2.24, 2.45) is 0 Å². The lowest BCUT2D eigenvalue weighted by atomic mass is 10.1. The smallest absolute Gasteiger partial charge is 0.243 e. The summed E-state index contributed by atoms with van der Waals surface area (Å²) in [7, 11) is 1.67. The highest BCUT2D eigenvalue weighted by Gasteiger charge is 2.14. The van der Waals surface area contributed by atoms with Crippen LogP contribution in [0.3, 0.4) is 0 Å². The summed E-state index contributed by atoms with van der Waals surface area (Å²) in [4.78, 5) is 26.0. The predicted octanol–water partition coefficient (Wildman–Crippen LogP) is 3.94. The lowest BCUT2D eigenvalue weighted by Gasteiger charge is -2.18. The Morgan fingerprint density at radius 1 is 1.00 bits per heavy atom. The van der Waals surface area contributed by atoms with E-state index >= 15 is 0 Å². The van der Waals surface area contributed by atoms with Gasteiger partial charge in [-0.15, -0.1) is 11.8 Å². The molecular weight excluding hydrogens is 344 g/mol. The molecule has 138 valence electrons. The maximum absolute atomic E-state index is 12.2. The summed E-state index contributed by atoms with van der Waals surface area (Å²) in [6, 6.07) is 14.2. The number of nitrogens with one attached hydrogen (secondary N) is 1. The zero-order chi connectivity index (χ0) is 19.1. The van der Waals surface area contributed by atoms with Crippen molar-refractivity contribution >= 4 is 29.3 Å². The third kappa shape index (κ3) is 5.92. The predicted molar refractivity (Wildman–Crippen MR) is 110 cm³/mol. The third-order valence-corrected chi connectivity index (χ3v) is 5.16. The number of aryl methyl sites for hydroxylation is 3. The van der Waals surface area contributed by atoms with Crippen LogP contribution < -0.4 is 5.32 Å². The number of nitrogens with zero attached hydrogens (tertiary/aromatic N) is 1. The Labute approximate surface area is 160 Å². The number of anilines is 1. The van der Waals surface area contributed by atoms with E-state index in [1.165, 1.54) is 16.0 Å². The standard InChI is InChI=1S/C21H26N2O2S/c1-15-8-10-18(11-9-15)13-26-14-20(25)23(4)12-19(24)22-21-16(2)6-5-7-17(21)3/h5-11H,12-14H2,1-4H3,(H,22,24). The van der Waals surface area contributed by atoms with Crippen molar-refractivity contribution in [3.63, 3.8) is 0 Å². The van der Waals surface area contributed by atoms with Gasteiger partial charge in [-0.3, -0.25) is 9.59 Å². The van der Waals surface area contributed by atoms with Gasteiger partial charge in [0.15, 0.2) is 0 Å². The van der Waals surface area contributed by atoms with Gasteiger partial charge in [0.2, 0.25) is 11.8 Å². The van der Waals surface area contributed by atoms with Gasteiger partial charge in [0.1, 0.15) is 0 Å². The number of carbonyl (C=O) groups is 2.